The van der Waals surface area contributed by atoms with Crippen molar-refractivity contribution < 1.29 is 14.7 Å². The lowest BCUT2D eigenvalue weighted by Gasteiger charge is -2.33. The molecule has 1 fully saturated rings. The summed E-state index contributed by atoms with van der Waals surface area (Å²) in [5.41, 5.74) is 2.11. The predicted molar refractivity (Wildman–Crippen MR) is 95.9 cm³/mol. The lowest BCUT2D eigenvalue weighted by molar-refractivity contribution is -0.143. The molecule has 0 bridgehead atoms. The highest BCUT2D eigenvalue weighted by Crippen LogP contribution is 2.25. The third kappa shape index (κ3) is 4.60. The van der Waals surface area contributed by atoms with E-state index in [1.54, 1.807) is 17.9 Å². The molecule has 0 aromatic heterocycles. The Kier molecular flexibility index (Phi) is 6.01. The molecule has 2 rings (SSSR count). The van der Waals surface area contributed by atoms with Gasteiger partial charge in [-0.15, -0.1) is 0 Å². The van der Waals surface area contributed by atoms with Crippen molar-refractivity contribution in [3.05, 3.63) is 35.9 Å². The van der Waals surface area contributed by atoms with E-state index in [0.717, 1.165) is 24.1 Å². The zero-order valence-electron chi connectivity index (χ0n) is 14.6. The Morgan fingerprint density at radius 2 is 1.79 bits per heavy atom. The third-order valence-corrected chi connectivity index (χ3v) is 4.78. The molecule has 1 N–H and O–H groups in total. The maximum Gasteiger partial charge on any atom is 0.306 e. The molecule has 1 amide bonds. The minimum absolute atomic E-state index is 0.00638. The second-order valence-electron chi connectivity index (χ2n) is 6.61. The number of hydrogen-bond donors (Lipinski definition) is 1. The lowest BCUT2D eigenvalue weighted by atomic mass is 9.85. The van der Waals surface area contributed by atoms with Crippen LogP contribution in [0.5, 0.6) is 0 Å². The quantitative estimate of drug-likeness (QED) is 0.843. The molecule has 1 aliphatic rings. The molecule has 0 spiro atoms. The first-order valence-corrected chi connectivity index (χ1v) is 8.35. The fourth-order valence-electron chi connectivity index (χ4n) is 2.98. The second-order valence-corrected chi connectivity index (χ2v) is 6.61. The van der Waals surface area contributed by atoms with Gasteiger partial charge in [0.15, 0.2) is 0 Å². The number of carbonyl (C=O) groups is 2. The van der Waals surface area contributed by atoms with Gasteiger partial charge in [0.1, 0.15) is 0 Å². The van der Waals surface area contributed by atoms with E-state index in [-0.39, 0.29) is 17.7 Å². The average Bonchev–Trinajstić information content (AvgIpc) is 2.59. The standard InChI is InChI=1S/C19H26N2O3/c1-14(19(23)24)16-10-12-21(13-11-16)18(22)9-6-15-4-7-17(8-5-15)20(2)3/h4-9,14,16H,10-13H2,1-3H3,(H,23,24)/b9-6+. The number of carboxylic acid groups (broad SMARTS) is 1. The second kappa shape index (κ2) is 7.99. The molecule has 0 aliphatic carbocycles. The van der Waals surface area contributed by atoms with Gasteiger partial charge in [0.25, 0.3) is 0 Å². The first kappa shape index (κ1) is 18.0. The van der Waals surface area contributed by atoms with Crippen LogP contribution in [0.3, 0.4) is 0 Å². The van der Waals surface area contributed by atoms with Crippen LogP contribution in [-0.2, 0) is 9.59 Å². The number of carboxylic acids is 1. The molecule has 1 atom stereocenters. The van der Waals surface area contributed by atoms with Gasteiger partial charge in [-0.25, -0.2) is 0 Å². The summed E-state index contributed by atoms with van der Waals surface area (Å²) in [5.74, 6) is -0.934. The van der Waals surface area contributed by atoms with Crippen molar-refractivity contribution in [2.45, 2.75) is 19.8 Å². The summed E-state index contributed by atoms with van der Waals surface area (Å²) in [6.45, 7) is 3.01. The van der Waals surface area contributed by atoms with Crippen molar-refractivity contribution in [3.8, 4) is 0 Å². The maximum absolute atomic E-state index is 12.3. The van der Waals surface area contributed by atoms with Crippen LogP contribution in [0.15, 0.2) is 30.3 Å². The highest BCUT2D eigenvalue weighted by atomic mass is 16.4. The summed E-state index contributed by atoms with van der Waals surface area (Å²) in [4.78, 5) is 27.1. The molecule has 1 aromatic rings. The molecule has 0 saturated carbocycles. The zero-order chi connectivity index (χ0) is 17.7. The molecule has 1 heterocycles. The van der Waals surface area contributed by atoms with E-state index in [4.69, 9.17) is 5.11 Å². The minimum atomic E-state index is -0.749. The van der Waals surface area contributed by atoms with E-state index >= 15 is 0 Å². The van der Waals surface area contributed by atoms with E-state index in [1.807, 2.05) is 49.3 Å². The van der Waals surface area contributed by atoms with Crippen LogP contribution in [0.2, 0.25) is 0 Å². The first-order chi connectivity index (χ1) is 11.4. The number of carbonyl (C=O) groups excluding carboxylic acids is 1. The summed E-state index contributed by atoms with van der Waals surface area (Å²) in [5, 5.41) is 9.08. The molecule has 1 aliphatic heterocycles. The van der Waals surface area contributed by atoms with Crippen LogP contribution < -0.4 is 4.90 Å². The first-order valence-electron chi connectivity index (χ1n) is 8.35. The van der Waals surface area contributed by atoms with Crippen LogP contribution in [0.1, 0.15) is 25.3 Å². The largest absolute Gasteiger partial charge is 0.481 e. The third-order valence-electron chi connectivity index (χ3n) is 4.78. The summed E-state index contributed by atoms with van der Waals surface area (Å²) in [6.07, 6.45) is 4.94. The van der Waals surface area contributed by atoms with Crippen LogP contribution >= 0.6 is 0 Å². The van der Waals surface area contributed by atoms with Gasteiger partial charge in [-0.3, -0.25) is 9.59 Å². The van der Waals surface area contributed by atoms with Gasteiger partial charge in [0, 0.05) is 38.9 Å². The van der Waals surface area contributed by atoms with Gasteiger partial charge in [0.2, 0.25) is 5.91 Å². The van der Waals surface area contributed by atoms with Gasteiger partial charge in [0.05, 0.1) is 5.92 Å². The number of benzene rings is 1. The Hall–Kier alpha value is -2.30. The lowest BCUT2D eigenvalue weighted by Crippen LogP contribution is -2.40. The van der Waals surface area contributed by atoms with Crippen LogP contribution in [0.25, 0.3) is 6.08 Å². The number of likely N-dealkylation sites (tertiary alicyclic amines) is 1. The SMILES string of the molecule is CC(C(=O)O)C1CCN(C(=O)/C=C/c2ccc(N(C)C)cc2)CC1. The molecular weight excluding hydrogens is 304 g/mol. The zero-order valence-corrected chi connectivity index (χ0v) is 14.6. The number of anilines is 1. The Labute approximate surface area is 143 Å². The van der Waals surface area contributed by atoms with Gasteiger partial charge >= 0.3 is 5.97 Å². The number of nitrogens with zero attached hydrogens (tertiary/aromatic N) is 2. The number of rotatable bonds is 5. The summed E-state index contributed by atoms with van der Waals surface area (Å²) >= 11 is 0. The van der Waals surface area contributed by atoms with Crippen molar-refractivity contribution in [1.29, 1.82) is 0 Å². The summed E-state index contributed by atoms with van der Waals surface area (Å²) < 4.78 is 0. The van der Waals surface area contributed by atoms with E-state index in [2.05, 4.69) is 0 Å². The molecule has 5 nitrogen and oxygen atoms in total. The Morgan fingerprint density at radius 1 is 1.21 bits per heavy atom. The molecule has 1 aromatic carbocycles. The molecule has 0 radical (unpaired) electrons. The normalized spacial score (nSPS) is 17.0. The van der Waals surface area contributed by atoms with Crippen molar-refractivity contribution in [3.63, 3.8) is 0 Å². The van der Waals surface area contributed by atoms with Gasteiger partial charge in [-0.05, 0) is 42.5 Å². The van der Waals surface area contributed by atoms with E-state index < -0.39 is 5.97 Å². The highest BCUT2D eigenvalue weighted by molar-refractivity contribution is 5.91. The van der Waals surface area contributed by atoms with Crippen LogP contribution in [0.4, 0.5) is 5.69 Å². The molecule has 24 heavy (non-hydrogen) atoms. The summed E-state index contributed by atoms with van der Waals surface area (Å²) in [6, 6.07) is 8.01. The Balaban J connectivity index is 1.88. The Morgan fingerprint density at radius 3 is 2.29 bits per heavy atom. The fraction of sp³-hybridized carbons (Fsp3) is 0.474. The van der Waals surface area contributed by atoms with Crippen LogP contribution in [0, 0.1) is 11.8 Å². The topological polar surface area (TPSA) is 60.9 Å². The number of piperidine rings is 1. The molecule has 130 valence electrons. The maximum atomic E-state index is 12.3. The van der Waals surface area contributed by atoms with Crippen molar-refractivity contribution in [2.24, 2.45) is 11.8 Å². The van der Waals surface area contributed by atoms with Gasteiger partial charge in [-0.2, -0.15) is 0 Å². The van der Waals surface area contributed by atoms with Crippen molar-refractivity contribution in [1.82, 2.24) is 4.90 Å². The highest BCUT2D eigenvalue weighted by Gasteiger charge is 2.28. The monoisotopic (exact) mass is 330 g/mol. The number of amides is 1. The minimum Gasteiger partial charge on any atom is -0.481 e. The smallest absolute Gasteiger partial charge is 0.306 e. The Bertz CT molecular complexity index is 600. The van der Waals surface area contributed by atoms with Gasteiger partial charge < -0.3 is 14.9 Å². The fourth-order valence-corrected chi connectivity index (χ4v) is 2.98. The summed E-state index contributed by atoms with van der Waals surface area (Å²) in [7, 11) is 3.98. The van der Waals surface area contributed by atoms with Crippen LogP contribution in [-0.4, -0.2) is 49.1 Å². The number of hydrogen-bond acceptors (Lipinski definition) is 3. The number of aliphatic carboxylic acids is 1. The van der Waals surface area contributed by atoms with E-state index in [9.17, 15) is 9.59 Å². The van der Waals surface area contributed by atoms with Gasteiger partial charge in [-0.1, -0.05) is 19.1 Å². The molecule has 1 unspecified atom stereocenters. The average molecular weight is 330 g/mol. The van der Waals surface area contributed by atoms with E-state index in [0.29, 0.717) is 13.1 Å². The predicted octanol–water partition coefficient (Wildman–Crippen LogP) is 2.73. The van der Waals surface area contributed by atoms with E-state index in [1.165, 1.54) is 0 Å². The molecular formula is C19H26N2O3. The molecule has 5 heteroatoms. The van der Waals surface area contributed by atoms with Crippen molar-refractivity contribution >= 4 is 23.6 Å². The molecule has 1 saturated heterocycles. The van der Waals surface area contributed by atoms with Crippen molar-refractivity contribution in [2.75, 3.05) is 32.1 Å².